The minimum Gasteiger partial charge on any atom is -0.481 e. The largest absolute Gasteiger partial charge is 0.481 e. The Morgan fingerprint density at radius 2 is 2.24 bits per heavy atom. The Morgan fingerprint density at radius 3 is 2.88 bits per heavy atom. The number of carboxylic acid groups (broad SMARTS) is 1. The first kappa shape index (κ1) is 17.5. The number of likely N-dealkylation sites (tertiary alicyclic amines) is 1. The van der Waals surface area contributed by atoms with E-state index >= 15 is 0 Å². The van der Waals surface area contributed by atoms with Gasteiger partial charge in [0.25, 0.3) is 5.91 Å². The monoisotopic (exact) mass is 361 g/mol. The molecule has 0 spiro atoms. The number of carboxylic acids is 1. The van der Waals surface area contributed by atoms with E-state index in [4.69, 9.17) is 4.52 Å². The van der Waals surface area contributed by atoms with Crippen LogP contribution in [-0.4, -0.2) is 45.1 Å². The molecule has 132 valence electrons. The molecule has 1 amide bonds. The minimum absolute atomic E-state index is 0.0627. The van der Waals surface area contributed by atoms with E-state index in [9.17, 15) is 14.7 Å². The zero-order valence-corrected chi connectivity index (χ0v) is 14.8. The van der Waals surface area contributed by atoms with Gasteiger partial charge in [-0.25, -0.2) is 4.98 Å². The number of aliphatic carboxylic acids is 1. The summed E-state index contributed by atoms with van der Waals surface area (Å²) in [6.07, 6.45) is 1.64. The van der Waals surface area contributed by atoms with Gasteiger partial charge in [-0.05, 0) is 25.0 Å². The lowest BCUT2D eigenvalue weighted by molar-refractivity contribution is -0.142. The fraction of sp³-hybridized carbons (Fsp3) is 0.412. The van der Waals surface area contributed by atoms with Crippen molar-refractivity contribution < 1.29 is 19.2 Å². The fourth-order valence-electron chi connectivity index (χ4n) is 2.92. The summed E-state index contributed by atoms with van der Waals surface area (Å²) in [5.41, 5.74) is 1.28. The number of rotatable bonds is 5. The molecule has 0 radical (unpaired) electrons. The molecular weight excluding hydrogens is 342 g/mol. The quantitative estimate of drug-likeness (QED) is 0.817. The zero-order valence-electron chi connectivity index (χ0n) is 14.0. The Bertz CT molecular complexity index is 792. The number of pyridine rings is 1. The second kappa shape index (κ2) is 7.26. The highest BCUT2D eigenvalue weighted by atomic mass is 32.2. The maximum Gasteiger partial charge on any atom is 0.308 e. The summed E-state index contributed by atoms with van der Waals surface area (Å²) in [5.74, 6) is -0.337. The number of hydrogen-bond donors (Lipinski definition) is 1. The average Bonchev–Trinajstić information content (AvgIpc) is 3.18. The van der Waals surface area contributed by atoms with Gasteiger partial charge in [-0.2, -0.15) is 0 Å². The van der Waals surface area contributed by atoms with Crippen molar-refractivity contribution >= 4 is 23.6 Å². The molecular formula is C17H19N3O4S. The molecule has 1 fully saturated rings. The van der Waals surface area contributed by atoms with Crippen molar-refractivity contribution in [2.24, 2.45) is 11.8 Å². The van der Waals surface area contributed by atoms with Gasteiger partial charge in [0.2, 0.25) is 0 Å². The number of thioether (sulfide) groups is 1. The lowest BCUT2D eigenvalue weighted by Crippen LogP contribution is -2.30. The van der Waals surface area contributed by atoms with Crippen LogP contribution in [0.25, 0.3) is 0 Å². The zero-order chi connectivity index (χ0) is 18.0. The van der Waals surface area contributed by atoms with Crippen LogP contribution in [0, 0.1) is 18.8 Å². The third-order valence-electron chi connectivity index (χ3n) is 4.25. The second-order valence-electron chi connectivity index (χ2n) is 6.21. The van der Waals surface area contributed by atoms with E-state index in [0.29, 0.717) is 22.9 Å². The molecule has 3 heterocycles. The van der Waals surface area contributed by atoms with E-state index in [2.05, 4.69) is 10.1 Å². The minimum atomic E-state index is -0.856. The normalized spacial score (nSPS) is 20.0. The highest BCUT2D eigenvalue weighted by Crippen LogP contribution is 2.29. The molecule has 0 bridgehead atoms. The van der Waals surface area contributed by atoms with Crippen LogP contribution < -0.4 is 0 Å². The van der Waals surface area contributed by atoms with Crippen LogP contribution in [0.1, 0.15) is 28.7 Å². The van der Waals surface area contributed by atoms with E-state index in [-0.39, 0.29) is 18.4 Å². The highest BCUT2D eigenvalue weighted by Gasteiger charge is 2.37. The van der Waals surface area contributed by atoms with Gasteiger partial charge in [0.1, 0.15) is 10.8 Å². The van der Waals surface area contributed by atoms with E-state index in [1.807, 2.05) is 19.9 Å². The molecule has 0 saturated carbocycles. The third-order valence-corrected chi connectivity index (χ3v) is 5.29. The molecule has 0 aliphatic carbocycles. The predicted molar refractivity (Wildman–Crippen MR) is 91.2 cm³/mol. The van der Waals surface area contributed by atoms with Crippen molar-refractivity contribution in [2.45, 2.75) is 24.6 Å². The number of hydrogen-bond acceptors (Lipinski definition) is 6. The van der Waals surface area contributed by atoms with Gasteiger partial charge in [-0.15, -0.1) is 0 Å². The second-order valence-corrected chi connectivity index (χ2v) is 7.17. The van der Waals surface area contributed by atoms with Gasteiger partial charge >= 0.3 is 5.97 Å². The van der Waals surface area contributed by atoms with Gasteiger partial charge in [-0.1, -0.05) is 23.8 Å². The molecule has 3 rings (SSSR count). The van der Waals surface area contributed by atoms with Crippen molar-refractivity contribution in [3.05, 3.63) is 41.4 Å². The molecule has 0 unspecified atom stereocenters. The molecule has 2 atom stereocenters. The molecule has 1 N–H and O–H groups in total. The maximum atomic E-state index is 12.8. The Hall–Kier alpha value is -2.35. The van der Waals surface area contributed by atoms with E-state index in [1.165, 1.54) is 11.8 Å². The first-order valence-electron chi connectivity index (χ1n) is 7.97. The van der Waals surface area contributed by atoms with Crippen molar-refractivity contribution in [3.8, 4) is 0 Å². The first-order chi connectivity index (χ1) is 12.0. The molecule has 1 saturated heterocycles. The molecule has 25 heavy (non-hydrogen) atoms. The maximum absolute atomic E-state index is 12.8. The predicted octanol–water partition coefficient (Wildman–Crippen LogP) is 2.46. The Kier molecular flexibility index (Phi) is 5.08. The highest BCUT2D eigenvalue weighted by molar-refractivity contribution is 7.98. The molecule has 2 aromatic rings. The average molecular weight is 361 g/mol. The number of aryl methyl sites for hydroxylation is 1. The van der Waals surface area contributed by atoms with Gasteiger partial charge in [-0.3, -0.25) is 9.59 Å². The number of aromatic nitrogens is 2. The number of carbonyl (C=O) groups is 2. The summed E-state index contributed by atoms with van der Waals surface area (Å²) in [6, 6.07) is 5.28. The van der Waals surface area contributed by atoms with Crippen LogP contribution in [0.3, 0.4) is 0 Å². The Labute approximate surface area is 149 Å². The van der Waals surface area contributed by atoms with E-state index < -0.39 is 11.9 Å². The summed E-state index contributed by atoms with van der Waals surface area (Å²) >= 11 is 1.41. The molecule has 8 heteroatoms. The van der Waals surface area contributed by atoms with Crippen molar-refractivity contribution in [3.63, 3.8) is 0 Å². The van der Waals surface area contributed by atoms with Crippen LogP contribution in [0.4, 0.5) is 0 Å². The van der Waals surface area contributed by atoms with Crippen LogP contribution in [0.15, 0.2) is 33.9 Å². The van der Waals surface area contributed by atoms with Gasteiger partial charge in [0.15, 0.2) is 0 Å². The summed E-state index contributed by atoms with van der Waals surface area (Å²) in [5, 5.41) is 13.8. The van der Waals surface area contributed by atoms with Crippen LogP contribution in [-0.2, 0) is 10.5 Å². The van der Waals surface area contributed by atoms with Crippen molar-refractivity contribution in [1.82, 2.24) is 15.0 Å². The summed E-state index contributed by atoms with van der Waals surface area (Å²) in [4.78, 5) is 30.0. The Morgan fingerprint density at radius 1 is 1.44 bits per heavy atom. The summed E-state index contributed by atoms with van der Waals surface area (Å²) < 4.78 is 5.04. The van der Waals surface area contributed by atoms with Gasteiger partial charge < -0.3 is 14.5 Å². The summed E-state index contributed by atoms with van der Waals surface area (Å²) in [7, 11) is 0. The first-order valence-corrected chi connectivity index (χ1v) is 8.96. The van der Waals surface area contributed by atoms with Gasteiger partial charge in [0.05, 0.1) is 17.2 Å². The van der Waals surface area contributed by atoms with Crippen LogP contribution >= 0.6 is 11.8 Å². The third kappa shape index (κ3) is 3.84. The van der Waals surface area contributed by atoms with E-state index in [1.54, 1.807) is 23.2 Å². The number of amides is 1. The number of carbonyl (C=O) groups excluding carboxylic acids is 1. The lowest BCUT2D eigenvalue weighted by Gasteiger charge is -2.17. The van der Waals surface area contributed by atoms with Gasteiger partial charge in [0, 0.05) is 31.1 Å². The van der Waals surface area contributed by atoms with Crippen molar-refractivity contribution in [2.75, 3.05) is 13.1 Å². The summed E-state index contributed by atoms with van der Waals surface area (Å²) in [6.45, 7) is 4.36. The van der Waals surface area contributed by atoms with Crippen LogP contribution in [0.5, 0.6) is 0 Å². The molecule has 0 aromatic carbocycles. The smallest absolute Gasteiger partial charge is 0.308 e. The SMILES string of the molecule is Cc1cc(CSc2ncccc2C(=O)N2C[C@@H](C)[C@H](C(=O)O)C2)no1. The van der Waals surface area contributed by atoms with E-state index in [0.717, 1.165) is 11.5 Å². The topological polar surface area (TPSA) is 96.5 Å². The van der Waals surface area contributed by atoms with Crippen LogP contribution in [0.2, 0.25) is 0 Å². The lowest BCUT2D eigenvalue weighted by atomic mass is 9.99. The molecule has 7 nitrogen and oxygen atoms in total. The fourth-order valence-corrected chi connectivity index (χ4v) is 3.79. The molecule has 1 aliphatic heterocycles. The number of nitrogens with zero attached hydrogens (tertiary/aromatic N) is 3. The standard InChI is InChI=1S/C17H19N3O4S/c1-10-7-20(8-14(10)17(22)23)16(21)13-4-3-5-18-15(13)25-9-12-6-11(2)24-19-12/h3-6,10,14H,7-9H2,1-2H3,(H,22,23)/t10-,14-/m1/s1. The Balaban J connectivity index is 1.74. The van der Waals surface area contributed by atoms with Crippen molar-refractivity contribution in [1.29, 1.82) is 0 Å². The molecule has 2 aromatic heterocycles. The molecule has 1 aliphatic rings.